The van der Waals surface area contributed by atoms with E-state index in [0.29, 0.717) is 16.5 Å². The Morgan fingerprint density at radius 1 is 1.00 bits per heavy atom. The zero-order chi connectivity index (χ0) is 16.2. The number of nitrogens with zero attached hydrogens (tertiary/aromatic N) is 2. The molecule has 23 heavy (non-hydrogen) atoms. The van der Waals surface area contributed by atoms with Crippen molar-refractivity contribution in [2.24, 2.45) is 0 Å². The second-order valence-corrected chi connectivity index (χ2v) is 5.36. The molecule has 2 aromatic carbocycles. The predicted octanol–water partition coefficient (Wildman–Crippen LogP) is 4.95. The Morgan fingerprint density at radius 2 is 1.70 bits per heavy atom. The van der Waals surface area contributed by atoms with Crippen LogP contribution in [-0.2, 0) is 0 Å². The number of hydrogen-bond acceptors (Lipinski definition) is 3. The van der Waals surface area contributed by atoms with E-state index in [-0.39, 0.29) is 0 Å². The molecule has 0 spiro atoms. The van der Waals surface area contributed by atoms with Crippen molar-refractivity contribution in [1.82, 2.24) is 4.98 Å². The van der Waals surface area contributed by atoms with Crippen LogP contribution >= 0.6 is 11.6 Å². The molecule has 0 bridgehead atoms. The van der Waals surface area contributed by atoms with E-state index in [1.807, 2.05) is 60.7 Å². The average molecular weight is 321 g/mol. The van der Waals surface area contributed by atoms with Gasteiger partial charge in [-0.3, -0.25) is 0 Å². The van der Waals surface area contributed by atoms with Gasteiger partial charge in [0.05, 0.1) is 12.8 Å². The molecule has 1 heterocycles. The summed E-state index contributed by atoms with van der Waals surface area (Å²) in [7, 11) is 1.52. The van der Waals surface area contributed by atoms with E-state index in [0.717, 1.165) is 22.4 Å². The smallest absolute Gasteiger partial charge is 0.232 e. The average Bonchev–Trinajstić information content (AvgIpc) is 2.62. The monoisotopic (exact) mass is 320 g/mol. The lowest BCUT2D eigenvalue weighted by atomic mass is 9.99. The highest BCUT2D eigenvalue weighted by atomic mass is 35.5. The summed E-state index contributed by atoms with van der Waals surface area (Å²) in [6.45, 7) is 0. The van der Waals surface area contributed by atoms with Crippen molar-refractivity contribution in [1.29, 1.82) is 5.26 Å². The van der Waals surface area contributed by atoms with Crippen LogP contribution in [0.1, 0.15) is 5.56 Å². The summed E-state index contributed by atoms with van der Waals surface area (Å²) in [5.74, 6) is 0.318. The van der Waals surface area contributed by atoms with Crippen molar-refractivity contribution in [2.45, 2.75) is 0 Å². The number of pyridine rings is 1. The summed E-state index contributed by atoms with van der Waals surface area (Å²) >= 11 is 5.94. The molecule has 0 aliphatic carbocycles. The van der Waals surface area contributed by atoms with Gasteiger partial charge < -0.3 is 4.74 Å². The number of nitriles is 1. The molecule has 112 valence electrons. The van der Waals surface area contributed by atoms with Crippen LogP contribution in [0.2, 0.25) is 5.02 Å². The highest BCUT2D eigenvalue weighted by Gasteiger charge is 2.15. The van der Waals surface area contributed by atoms with Crippen molar-refractivity contribution in [3.05, 3.63) is 71.2 Å². The fraction of sp³-hybridized carbons (Fsp3) is 0.0526. The zero-order valence-corrected chi connectivity index (χ0v) is 13.2. The highest BCUT2D eigenvalue weighted by Crippen LogP contribution is 2.33. The maximum atomic E-state index is 9.50. The van der Waals surface area contributed by atoms with Crippen LogP contribution in [0.5, 0.6) is 5.88 Å². The third-order valence-electron chi connectivity index (χ3n) is 3.52. The quantitative estimate of drug-likeness (QED) is 0.686. The van der Waals surface area contributed by atoms with Crippen LogP contribution in [-0.4, -0.2) is 12.1 Å². The summed E-state index contributed by atoms with van der Waals surface area (Å²) in [5, 5.41) is 10.2. The van der Waals surface area contributed by atoms with E-state index in [2.05, 4.69) is 11.1 Å². The Morgan fingerprint density at radius 3 is 2.30 bits per heavy atom. The van der Waals surface area contributed by atoms with Crippen molar-refractivity contribution >= 4 is 11.6 Å². The van der Waals surface area contributed by atoms with E-state index in [1.165, 1.54) is 7.11 Å². The van der Waals surface area contributed by atoms with E-state index in [9.17, 15) is 5.26 Å². The van der Waals surface area contributed by atoms with Crippen LogP contribution < -0.4 is 4.74 Å². The standard InChI is InChI=1S/C19H13ClN2O/c1-23-19-17(12-21)16(13-5-3-2-4-6-13)11-18(22-19)14-7-9-15(20)10-8-14/h2-11H,1H3. The van der Waals surface area contributed by atoms with Gasteiger partial charge >= 0.3 is 0 Å². The van der Waals surface area contributed by atoms with Gasteiger partial charge in [0.15, 0.2) is 0 Å². The van der Waals surface area contributed by atoms with Gasteiger partial charge in [0, 0.05) is 16.1 Å². The Hall–Kier alpha value is -2.83. The molecule has 3 rings (SSSR count). The molecule has 0 fully saturated rings. The van der Waals surface area contributed by atoms with Crippen molar-refractivity contribution in [3.8, 4) is 34.3 Å². The van der Waals surface area contributed by atoms with Gasteiger partial charge in [-0.1, -0.05) is 54.1 Å². The summed E-state index contributed by atoms with van der Waals surface area (Å²) in [6.07, 6.45) is 0. The topological polar surface area (TPSA) is 45.9 Å². The molecule has 4 heteroatoms. The minimum absolute atomic E-state index is 0.318. The van der Waals surface area contributed by atoms with Crippen LogP contribution in [0.3, 0.4) is 0 Å². The first kappa shape index (κ1) is 15.1. The molecule has 0 unspecified atom stereocenters. The molecule has 0 aliphatic heterocycles. The fourth-order valence-electron chi connectivity index (χ4n) is 2.39. The second-order valence-electron chi connectivity index (χ2n) is 4.92. The van der Waals surface area contributed by atoms with E-state index in [1.54, 1.807) is 0 Å². The predicted molar refractivity (Wildman–Crippen MR) is 91.4 cm³/mol. The molecular formula is C19H13ClN2O. The van der Waals surface area contributed by atoms with Crippen molar-refractivity contribution in [2.75, 3.05) is 7.11 Å². The summed E-state index contributed by atoms with van der Waals surface area (Å²) in [6, 6.07) is 21.2. The molecule has 1 aromatic heterocycles. The molecule has 0 saturated heterocycles. The molecule has 0 radical (unpaired) electrons. The summed E-state index contributed by atoms with van der Waals surface area (Å²) < 4.78 is 5.32. The van der Waals surface area contributed by atoms with Gasteiger partial charge in [0.2, 0.25) is 5.88 Å². The largest absolute Gasteiger partial charge is 0.480 e. The Labute approximate surface area is 139 Å². The van der Waals surface area contributed by atoms with Gasteiger partial charge in [-0.05, 0) is 23.8 Å². The molecule has 0 saturated carbocycles. The Balaban J connectivity index is 2.24. The molecular weight excluding hydrogens is 308 g/mol. The van der Waals surface area contributed by atoms with Gasteiger partial charge in [-0.2, -0.15) is 5.26 Å². The van der Waals surface area contributed by atoms with Gasteiger partial charge in [-0.25, -0.2) is 4.98 Å². The zero-order valence-electron chi connectivity index (χ0n) is 12.5. The maximum Gasteiger partial charge on any atom is 0.232 e. The van der Waals surface area contributed by atoms with Gasteiger partial charge in [0.25, 0.3) is 0 Å². The lowest BCUT2D eigenvalue weighted by Gasteiger charge is -2.11. The van der Waals surface area contributed by atoms with Crippen molar-refractivity contribution in [3.63, 3.8) is 0 Å². The molecule has 3 nitrogen and oxygen atoms in total. The molecule has 0 atom stereocenters. The van der Waals surface area contributed by atoms with E-state index in [4.69, 9.17) is 16.3 Å². The number of aromatic nitrogens is 1. The Kier molecular flexibility index (Phi) is 4.27. The number of hydrogen-bond donors (Lipinski definition) is 0. The minimum atomic E-state index is 0.318. The molecule has 0 N–H and O–H groups in total. The first-order valence-electron chi connectivity index (χ1n) is 7.03. The van der Waals surface area contributed by atoms with Gasteiger partial charge in [-0.15, -0.1) is 0 Å². The van der Waals surface area contributed by atoms with Gasteiger partial charge in [0.1, 0.15) is 11.6 Å². The third-order valence-corrected chi connectivity index (χ3v) is 3.77. The molecule has 0 amide bonds. The fourth-order valence-corrected chi connectivity index (χ4v) is 2.52. The van der Waals surface area contributed by atoms with Crippen LogP contribution in [0.15, 0.2) is 60.7 Å². The number of benzene rings is 2. The second kappa shape index (κ2) is 6.51. The van der Waals surface area contributed by atoms with Crippen LogP contribution in [0.25, 0.3) is 22.4 Å². The highest BCUT2D eigenvalue weighted by molar-refractivity contribution is 6.30. The lowest BCUT2D eigenvalue weighted by Crippen LogP contribution is -1.97. The summed E-state index contributed by atoms with van der Waals surface area (Å²) in [5.41, 5.74) is 3.81. The normalized spacial score (nSPS) is 10.1. The lowest BCUT2D eigenvalue weighted by molar-refractivity contribution is 0.397. The Bertz CT molecular complexity index is 868. The maximum absolute atomic E-state index is 9.50. The van der Waals surface area contributed by atoms with Crippen molar-refractivity contribution < 1.29 is 4.74 Å². The number of ether oxygens (including phenoxy) is 1. The SMILES string of the molecule is COc1nc(-c2ccc(Cl)cc2)cc(-c2ccccc2)c1C#N. The first-order valence-corrected chi connectivity index (χ1v) is 7.41. The number of halogens is 1. The third kappa shape index (κ3) is 3.03. The minimum Gasteiger partial charge on any atom is -0.480 e. The summed E-state index contributed by atoms with van der Waals surface area (Å²) in [4.78, 5) is 4.46. The van der Waals surface area contributed by atoms with Crippen LogP contribution in [0, 0.1) is 11.3 Å². The molecule has 3 aromatic rings. The van der Waals surface area contributed by atoms with E-state index >= 15 is 0 Å². The number of methoxy groups -OCH3 is 1. The molecule has 0 aliphatic rings. The first-order chi connectivity index (χ1) is 11.2. The van der Waals surface area contributed by atoms with E-state index < -0.39 is 0 Å². The number of rotatable bonds is 3. The van der Waals surface area contributed by atoms with Crippen LogP contribution in [0.4, 0.5) is 0 Å².